The molecule has 1 aliphatic rings. The molecule has 36 heavy (non-hydrogen) atoms. The standard InChI is InChI=1S/C30H29NO5/c1-19-27(26(32)18-35-20(2)21-6-4-3-5-7-21)28(36-31-19)24-10-8-22(9-11-24)23-12-14-25(15-13-23)30(16-17-30)29(33)34/h3-15,20,26,32H,16-18H2,1-2H3,(H,33,34)/t20-,26?/m1/s1. The minimum Gasteiger partial charge on any atom is -0.481 e. The van der Waals surface area contributed by atoms with Crippen molar-refractivity contribution in [2.24, 2.45) is 0 Å². The van der Waals surface area contributed by atoms with Gasteiger partial charge in [0.25, 0.3) is 0 Å². The Hall–Kier alpha value is -3.74. The van der Waals surface area contributed by atoms with Crippen molar-refractivity contribution in [1.82, 2.24) is 5.16 Å². The van der Waals surface area contributed by atoms with Crippen LogP contribution in [0.3, 0.4) is 0 Å². The second-order valence-corrected chi connectivity index (χ2v) is 9.45. The van der Waals surface area contributed by atoms with Crippen molar-refractivity contribution in [3.63, 3.8) is 0 Å². The van der Waals surface area contributed by atoms with Gasteiger partial charge in [-0.05, 0) is 48.9 Å². The second-order valence-electron chi connectivity index (χ2n) is 9.45. The summed E-state index contributed by atoms with van der Waals surface area (Å²) >= 11 is 0. The highest BCUT2D eigenvalue weighted by molar-refractivity contribution is 5.85. The van der Waals surface area contributed by atoms with Crippen LogP contribution in [0, 0.1) is 6.92 Å². The molecular weight excluding hydrogens is 454 g/mol. The highest BCUT2D eigenvalue weighted by Gasteiger charge is 2.51. The van der Waals surface area contributed by atoms with E-state index >= 15 is 0 Å². The molecule has 6 heteroatoms. The summed E-state index contributed by atoms with van der Waals surface area (Å²) in [5.41, 5.74) is 5.26. The highest BCUT2D eigenvalue weighted by Crippen LogP contribution is 2.48. The molecular formula is C30H29NO5. The van der Waals surface area contributed by atoms with Crippen LogP contribution in [0.5, 0.6) is 0 Å². The van der Waals surface area contributed by atoms with Gasteiger partial charge in [0.2, 0.25) is 0 Å². The van der Waals surface area contributed by atoms with Gasteiger partial charge in [-0.15, -0.1) is 0 Å². The predicted molar refractivity (Wildman–Crippen MR) is 136 cm³/mol. The van der Waals surface area contributed by atoms with Crippen LogP contribution in [0.1, 0.15) is 54.4 Å². The van der Waals surface area contributed by atoms with Crippen LogP contribution in [-0.4, -0.2) is 27.9 Å². The molecule has 1 aliphatic carbocycles. The molecule has 1 saturated carbocycles. The molecule has 6 nitrogen and oxygen atoms in total. The highest BCUT2D eigenvalue weighted by atomic mass is 16.5. The number of benzene rings is 3. The summed E-state index contributed by atoms with van der Waals surface area (Å²) in [6.07, 6.45) is 0.350. The zero-order chi connectivity index (χ0) is 25.3. The first-order chi connectivity index (χ1) is 17.4. The van der Waals surface area contributed by atoms with Crippen LogP contribution in [0.25, 0.3) is 22.5 Å². The molecule has 0 spiro atoms. The van der Waals surface area contributed by atoms with Crippen LogP contribution in [0.15, 0.2) is 83.4 Å². The van der Waals surface area contributed by atoms with Crippen LogP contribution >= 0.6 is 0 Å². The van der Waals surface area contributed by atoms with E-state index < -0.39 is 17.5 Å². The lowest BCUT2D eigenvalue weighted by atomic mass is 9.93. The van der Waals surface area contributed by atoms with Gasteiger partial charge in [-0.2, -0.15) is 0 Å². The molecule has 0 amide bonds. The Balaban J connectivity index is 1.30. The van der Waals surface area contributed by atoms with Crippen molar-refractivity contribution in [3.05, 3.63) is 101 Å². The van der Waals surface area contributed by atoms with E-state index in [1.807, 2.05) is 92.7 Å². The number of aryl methyl sites for hydroxylation is 1. The van der Waals surface area contributed by atoms with Gasteiger partial charge in [0.05, 0.1) is 29.4 Å². The minimum absolute atomic E-state index is 0.118. The SMILES string of the molecule is Cc1noc(-c2ccc(-c3ccc(C4(C(=O)O)CC4)cc3)cc2)c1C(O)CO[C@H](C)c1ccccc1. The van der Waals surface area contributed by atoms with E-state index in [1.54, 1.807) is 0 Å². The Morgan fingerprint density at radius 3 is 2.14 bits per heavy atom. The van der Waals surface area contributed by atoms with E-state index in [2.05, 4.69) is 5.16 Å². The minimum atomic E-state index is -0.881. The summed E-state index contributed by atoms with van der Waals surface area (Å²) < 4.78 is 11.5. The summed E-state index contributed by atoms with van der Waals surface area (Å²) in [7, 11) is 0. The van der Waals surface area contributed by atoms with Gasteiger partial charge in [-0.3, -0.25) is 4.79 Å². The van der Waals surface area contributed by atoms with Crippen LogP contribution < -0.4 is 0 Å². The fourth-order valence-electron chi connectivity index (χ4n) is 4.66. The molecule has 1 aromatic heterocycles. The number of aliphatic hydroxyl groups excluding tert-OH is 1. The molecule has 4 aromatic rings. The van der Waals surface area contributed by atoms with Gasteiger partial charge in [-0.25, -0.2) is 0 Å². The summed E-state index contributed by atoms with van der Waals surface area (Å²) in [5.74, 6) is -0.227. The normalized spacial score (nSPS) is 15.9. The zero-order valence-electron chi connectivity index (χ0n) is 20.3. The quantitative estimate of drug-likeness (QED) is 0.293. The van der Waals surface area contributed by atoms with Crippen molar-refractivity contribution in [3.8, 4) is 22.5 Å². The van der Waals surface area contributed by atoms with E-state index in [4.69, 9.17) is 9.26 Å². The summed E-state index contributed by atoms with van der Waals surface area (Å²) in [5, 5.41) is 24.5. The lowest BCUT2D eigenvalue weighted by Gasteiger charge is -2.17. The van der Waals surface area contributed by atoms with Gasteiger partial charge in [0.1, 0.15) is 6.10 Å². The number of aliphatic carboxylic acids is 1. The van der Waals surface area contributed by atoms with Crippen molar-refractivity contribution < 1.29 is 24.3 Å². The number of hydrogen-bond acceptors (Lipinski definition) is 5. The Morgan fingerprint density at radius 2 is 1.56 bits per heavy atom. The molecule has 2 N–H and O–H groups in total. The third kappa shape index (κ3) is 4.57. The number of nitrogens with zero attached hydrogens (tertiary/aromatic N) is 1. The molecule has 0 bridgehead atoms. The van der Waals surface area contributed by atoms with Gasteiger partial charge in [0.15, 0.2) is 5.76 Å². The van der Waals surface area contributed by atoms with Crippen molar-refractivity contribution in [1.29, 1.82) is 0 Å². The molecule has 1 unspecified atom stereocenters. The lowest BCUT2D eigenvalue weighted by molar-refractivity contribution is -0.140. The molecule has 3 aromatic carbocycles. The third-order valence-corrected chi connectivity index (χ3v) is 7.09. The number of carbonyl (C=O) groups is 1. The fraction of sp³-hybridized carbons (Fsp3) is 0.267. The fourth-order valence-corrected chi connectivity index (χ4v) is 4.66. The largest absolute Gasteiger partial charge is 0.481 e. The maximum absolute atomic E-state index is 11.6. The Kier molecular flexibility index (Phi) is 6.48. The summed E-state index contributed by atoms with van der Waals surface area (Å²) in [4.78, 5) is 11.6. The number of carboxylic acids is 1. The van der Waals surface area contributed by atoms with Gasteiger partial charge in [-0.1, -0.05) is 84.0 Å². The van der Waals surface area contributed by atoms with E-state index in [9.17, 15) is 15.0 Å². The van der Waals surface area contributed by atoms with Crippen LogP contribution in [-0.2, 0) is 14.9 Å². The number of aromatic nitrogens is 1. The van der Waals surface area contributed by atoms with Crippen molar-refractivity contribution >= 4 is 5.97 Å². The average molecular weight is 484 g/mol. The molecule has 0 radical (unpaired) electrons. The van der Waals surface area contributed by atoms with Gasteiger partial charge in [0, 0.05) is 5.56 Å². The van der Waals surface area contributed by atoms with Gasteiger partial charge < -0.3 is 19.5 Å². The number of aliphatic hydroxyl groups is 1. The van der Waals surface area contributed by atoms with E-state index in [0.29, 0.717) is 29.9 Å². The molecule has 1 heterocycles. The molecule has 2 atom stereocenters. The van der Waals surface area contributed by atoms with Crippen LogP contribution in [0.2, 0.25) is 0 Å². The number of carboxylic acid groups (broad SMARTS) is 1. The first-order valence-corrected chi connectivity index (χ1v) is 12.1. The van der Waals surface area contributed by atoms with Crippen molar-refractivity contribution in [2.45, 2.75) is 44.3 Å². The van der Waals surface area contributed by atoms with E-state index in [0.717, 1.165) is 27.8 Å². The number of hydrogen-bond donors (Lipinski definition) is 2. The maximum atomic E-state index is 11.6. The summed E-state index contributed by atoms with van der Waals surface area (Å²) in [6, 6.07) is 25.5. The Bertz CT molecular complexity index is 1340. The third-order valence-electron chi connectivity index (χ3n) is 7.09. The Morgan fingerprint density at radius 1 is 0.972 bits per heavy atom. The first-order valence-electron chi connectivity index (χ1n) is 12.1. The van der Waals surface area contributed by atoms with Gasteiger partial charge >= 0.3 is 5.97 Å². The molecule has 0 aliphatic heterocycles. The predicted octanol–water partition coefficient (Wildman–Crippen LogP) is 6.24. The molecule has 184 valence electrons. The Labute approximate surface area is 210 Å². The number of rotatable bonds is 9. The van der Waals surface area contributed by atoms with E-state index in [1.165, 1.54) is 0 Å². The first kappa shape index (κ1) is 24.0. The zero-order valence-corrected chi connectivity index (χ0v) is 20.3. The average Bonchev–Trinajstić information content (AvgIpc) is 3.64. The monoisotopic (exact) mass is 483 g/mol. The maximum Gasteiger partial charge on any atom is 0.314 e. The van der Waals surface area contributed by atoms with Crippen molar-refractivity contribution in [2.75, 3.05) is 6.61 Å². The van der Waals surface area contributed by atoms with Crippen LogP contribution in [0.4, 0.5) is 0 Å². The summed E-state index contributed by atoms with van der Waals surface area (Å²) in [6.45, 7) is 3.89. The second kappa shape index (κ2) is 9.72. The van der Waals surface area contributed by atoms with E-state index in [-0.39, 0.29) is 12.7 Å². The molecule has 0 saturated heterocycles. The topological polar surface area (TPSA) is 92.8 Å². The lowest BCUT2D eigenvalue weighted by Crippen LogP contribution is -2.19. The smallest absolute Gasteiger partial charge is 0.314 e. The molecule has 1 fully saturated rings. The number of ether oxygens (including phenoxy) is 1. The molecule has 5 rings (SSSR count).